The van der Waals surface area contributed by atoms with Gasteiger partial charge in [-0.05, 0) is 105 Å². The van der Waals surface area contributed by atoms with E-state index in [2.05, 4.69) is 5.32 Å². The van der Waals surface area contributed by atoms with Crippen molar-refractivity contribution in [1.29, 1.82) is 0 Å². The maximum atomic E-state index is 13.1. The van der Waals surface area contributed by atoms with Crippen LogP contribution in [0.5, 0.6) is 0 Å². The molecule has 6 aromatic carbocycles. The standard InChI is InChI=1S/C54H46Cl2N4O8/c1-5-65-48(61)36-21-17-34(18-22-36)46-33-57-53(58-46,42-13-9-11-15-44(42)55)54(43-14-10-12-16-45(43)56)59-47(35-19-23-37(24-20-35)49(62)66-6-2)52(60-54,40-29-25-38(26-30-40)50(63)67-7-3)41-31-27-39(28-32-41)51(64)68-8-4/h9-33,60H,5-8H2,1-4H3. The van der Waals surface area contributed by atoms with E-state index in [1.807, 2.05) is 60.7 Å². The van der Waals surface area contributed by atoms with E-state index in [1.165, 1.54) is 0 Å². The largest absolute Gasteiger partial charge is 0.462 e. The first-order valence-corrected chi connectivity index (χ1v) is 22.9. The zero-order valence-electron chi connectivity index (χ0n) is 37.6. The molecule has 68 heavy (non-hydrogen) atoms. The van der Waals surface area contributed by atoms with Crippen LogP contribution in [0.2, 0.25) is 10.0 Å². The third-order valence-corrected chi connectivity index (χ3v) is 12.4. The van der Waals surface area contributed by atoms with Crippen molar-refractivity contribution >= 4 is 64.7 Å². The fourth-order valence-corrected chi connectivity index (χ4v) is 9.13. The van der Waals surface area contributed by atoms with Crippen LogP contribution in [0.1, 0.15) is 103 Å². The normalized spacial score (nSPS) is 18.0. The Kier molecular flexibility index (Phi) is 13.8. The van der Waals surface area contributed by atoms with Crippen LogP contribution < -0.4 is 5.32 Å². The summed E-state index contributed by atoms with van der Waals surface area (Å²) in [5.74, 6) is -1.97. The Morgan fingerprint density at radius 2 is 0.868 bits per heavy atom. The van der Waals surface area contributed by atoms with Crippen LogP contribution in [0, 0.1) is 0 Å². The van der Waals surface area contributed by atoms with Crippen LogP contribution >= 0.6 is 23.2 Å². The van der Waals surface area contributed by atoms with Crippen LogP contribution in [0.25, 0.3) is 0 Å². The van der Waals surface area contributed by atoms with E-state index in [9.17, 15) is 19.2 Å². The Morgan fingerprint density at radius 1 is 0.485 bits per heavy atom. The van der Waals surface area contributed by atoms with E-state index in [1.54, 1.807) is 119 Å². The average Bonchev–Trinajstić information content (AvgIpc) is 3.98. The molecule has 0 saturated heterocycles. The highest BCUT2D eigenvalue weighted by atomic mass is 35.5. The zero-order chi connectivity index (χ0) is 48.1. The first-order chi connectivity index (χ1) is 32.9. The number of halogens is 2. The van der Waals surface area contributed by atoms with Gasteiger partial charge in [-0.3, -0.25) is 15.3 Å². The third-order valence-electron chi connectivity index (χ3n) is 11.7. The van der Waals surface area contributed by atoms with Gasteiger partial charge in [-0.25, -0.2) is 24.2 Å². The second-order valence-corrected chi connectivity index (χ2v) is 16.4. The number of hydrogen-bond donors (Lipinski definition) is 1. The Bertz CT molecular complexity index is 2910. The number of hydrogen-bond acceptors (Lipinski definition) is 12. The monoisotopic (exact) mass is 948 g/mol. The summed E-state index contributed by atoms with van der Waals surface area (Å²) in [5.41, 5.74) is 0.438. The molecule has 2 aliphatic rings. The molecule has 8 rings (SSSR count). The molecule has 1 N–H and O–H groups in total. The molecule has 0 saturated carbocycles. The van der Waals surface area contributed by atoms with Gasteiger partial charge < -0.3 is 18.9 Å². The molecule has 0 fully saturated rings. The van der Waals surface area contributed by atoms with E-state index in [0.29, 0.717) is 77.1 Å². The minimum Gasteiger partial charge on any atom is -0.462 e. The lowest BCUT2D eigenvalue weighted by Crippen LogP contribution is -2.59. The van der Waals surface area contributed by atoms with Crippen LogP contribution in [0.4, 0.5) is 0 Å². The Morgan fingerprint density at radius 3 is 1.28 bits per heavy atom. The number of benzene rings is 6. The van der Waals surface area contributed by atoms with Crippen molar-refractivity contribution in [2.45, 2.75) is 44.6 Å². The van der Waals surface area contributed by atoms with E-state index in [-0.39, 0.29) is 26.4 Å². The SMILES string of the molecule is CCOC(=O)c1ccc(C2=NC(c3ccccc3Cl)(C3(c4ccccc4Cl)N=C(c4ccc(C(=O)OCC)cc4)C(c4ccc(C(=O)OCC)cc4)(c4ccc(C(=O)OCC)cc4)N3)N=C2)cc1. The lowest BCUT2D eigenvalue weighted by Gasteiger charge is -2.44. The Hall–Kier alpha value is -7.25. The fraction of sp³-hybridized carbons (Fsp3) is 0.204. The lowest BCUT2D eigenvalue weighted by atomic mass is 9.75. The van der Waals surface area contributed by atoms with Crippen molar-refractivity contribution in [3.63, 3.8) is 0 Å². The molecular formula is C54H46Cl2N4O8. The molecule has 2 heterocycles. The molecule has 2 aliphatic heterocycles. The van der Waals surface area contributed by atoms with Gasteiger partial charge in [0.2, 0.25) is 5.66 Å². The predicted molar refractivity (Wildman–Crippen MR) is 261 cm³/mol. The van der Waals surface area contributed by atoms with Gasteiger partial charge in [0.1, 0.15) is 5.54 Å². The van der Waals surface area contributed by atoms with Crippen LogP contribution in [-0.4, -0.2) is 67.9 Å². The smallest absolute Gasteiger partial charge is 0.338 e. The van der Waals surface area contributed by atoms with Crippen molar-refractivity contribution in [2.75, 3.05) is 26.4 Å². The van der Waals surface area contributed by atoms with Crippen LogP contribution in [0.15, 0.2) is 161 Å². The number of aliphatic imine (C=N–C) groups is 3. The third kappa shape index (κ3) is 8.51. The number of carbonyl (C=O) groups is 4. The number of esters is 4. The van der Waals surface area contributed by atoms with Gasteiger partial charge in [-0.15, -0.1) is 0 Å². The summed E-state index contributed by atoms with van der Waals surface area (Å²) in [7, 11) is 0. The molecule has 0 spiro atoms. The van der Waals surface area contributed by atoms with Crippen molar-refractivity contribution in [3.05, 3.63) is 211 Å². The summed E-state index contributed by atoms with van der Waals surface area (Å²) in [5, 5.41) is 4.67. The topological polar surface area (TPSA) is 154 Å². The molecule has 14 heteroatoms. The van der Waals surface area contributed by atoms with Crippen molar-refractivity contribution in [3.8, 4) is 0 Å². The molecule has 2 atom stereocenters. The van der Waals surface area contributed by atoms with Crippen molar-refractivity contribution in [2.24, 2.45) is 15.0 Å². The van der Waals surface area contributed by atoms with Crippen LogP contribution in [-0.2, 0) is 35.8 Å². The summed E-state index contributed by atoms with van der Waals surface area (Å²) >= 11 is 14.7. The van der Waals surface area contributed by atoms with E-state index in [4.69, 9.17) is 57.1 Å². The lowest BCUT2D eigenvalue weighted by molar-refractivity contribution is 0.0516. The quantitative estimate of drug-likeness (QED) is 0.0782. The molecule has 0 radical (unpaired) electrons. The molecule has 6 aromatic rings. The van der Waals surface area contributed by atoms with Gasteiger partial charge in [0.15, 0.2) is 5.66 Å². The second-order valence-electron chi connectivity index (χ2n) is 15.6. The first kappa shape index (κ1) is 47.3. The average molecular weight is 950 g/mol. The number of nitrogens with one attached hydrogen (secondary N) is 1. The fourth-order valence-electron chi connectivity index (χ4n) is 8.59. The van der Waals surface area contributed by atoms with Gasteiger partial charge >= 0.3 is 23.9 Å². The van der Waals surface area contributed by atoms with Gasteiger partial charge in [0.05, 0.1) is 66.3 Å². The summed E-state index contributed by atoms with van der Waals surface area (Å²) in [4.78, 5) is 68.8. The highest BCUT2D eigenvalue weighted by molar-refractivity contribution is 6.40. The van der Waals surface area contributed by atoms with Crippen molar-refractivity contribution < 1.29 is 38.1 Å². The molecule has 0 aromatic heterocycles. The van der Waals surface area contributed by atoms with Gasteiger partial charge in [0, 0.05) is 26.7 Å². The van der Waals surface area contributed by atoms with E-state index < -0.39 is 40.7 Å². The maximum absolute atomic E-state index is 13.1. The first-order valence-electron chi connectivity index (χ1n) is 22.1. The predicted octanol–water partition coefficient (Wildman–Crippen LogP) is 10.3. The molecule has 0 bridgehead atoms. The number of ether oxygens (including phenoxy) is 4. The zero-order valence-corrected chi connectivity index (χ0v) is 39.1. The number of nitrogens with zero attached hydrogens (tertiary/aromatic N) is 3. The Labute approximate surface area is 403 Å². The second kappa shape index (κ2) is 19.9. The highest BCUT2D eigenvalue weighted by Crippen LogP contribution is 2.57. The summed E-state index contributed by atoms with van der Waals surface area (Å²) < 4.78 is 21.4. The van der Waals surface area contributed by atoms with Gasteiger partial charge in [0.25, 0.3) is 0 Å². The summed E-state index contributed by atoms with van der Waals surface area (Å²) in [6, 6.07) is 42.2. The summed E-state index contributed by atoms with van der Waals surface area (Å²) in [6.07, 6.45) is 1.65. The minimum absolute atomic E-state index is 0.181. The maximum Gasteiger partial charge on any atom is 0.338 e. The van der Waals surface area contributed by atoms with Crippen molar-refractivity contribution in [1.82, 2.24) is 5.32 Å². The number of rotatable bonds is 15. The molecule has 12 nitrogen and oxygen atoms in total. The van der Waals surface area contributed by atoms with E-state index in [0.717, 1.165) is 0 Å². The van der Waals surface area contributed by atoms with Gasteiger partial charge in [-0.1, -0.05) is 108 Å². The minimum atomic E-state index is -1.80. The number of carbonyl (C=O) groups excluding carboxylic acids is 4. The highest BCUT2D eigenvalue weighted by Gasteiger charge is 2.65. The molecule has 344 valence electrons. The van der Waals surface area contributed by atoms with Gasteiger partial charge in [-0.2, -0.15) is 0 Å². The molecule has 2 unspecified atom stereocenters. The van der Waals surface area contributed by atoms with E-state index >= 15 is 0 Å². The molecule has 0 aliphatic carbocycles. The van der Waals surface area contributed by atoms with Crippen LogP contribution in [0.3, 0.4) is 0 Å². The molecular weight excluding hydrogens is 904 g/mol. The summed E-state index contributed by atoms with van der Waals surface area (Å²) in [6.45, 7) is 7.73. The Balaban J connectivity index is 1.48. The molecule has 0 amide bonds.